The summed E-state index contributed by atoms with van der Waals surface area (Å²) in [5.74, 6) is -1.76. The van der Waals surface area contributed by atoms with Crippen LogP contribution >= 0.6 is 11.3 Å². The van der Waals surface area contributed by atoms with Gasteiger partial charge in [0.1, 0.15) is 5.00 Å². The zero-order valence-corrected chi connectivity index (χ0v) is 17.2. The molecule has 0 radical (unpaired) electrons. The quantitative estimate of drug-likeness (QED) is 0.341. The maximum Gasteiger partial charge on any atom is 0.341 e. The fourth-order valence-corrected chi connectivity index (χ4v) is 4.57. The Balaban J connectivity index is 1.72. The predicted molar refractivity (Wildman–Crippen MR) is 112 cm³/mol. The summed E-state index contributed by atoms with van der Waals surface area (Å²) < 4.78 is 5.17. The van der Waals surface area contributed by atoms with Crippen molar-refractivity contribution in [2.75, 3.05) is 11.9 Å². The first-order chi connectivity index (χ1) is 14.0. The number of nitrogens with zero attached hydrogens (tertiary/aromatic N) is 1. The standard InChI is InChI=1S/C21H23N3O4S/c1-3-28-21(27)17-15-10-9-13(2)11-16(15)29-20(17)23-18(25)19(26)24-22-12-14-7-5-4-6-8-14/h4-8,12-13H,3,9-11H2,1-2H3,(H,23,25)(H,24,26)/b22-12-/t13-/m0/s1. The third-order valence-electron chi connectivity index (χ3n) is 4.60. The molecule has 0 bridgehead atoms. The highest BCUT2D eigenvalue weighted by molar-refractivity contribution is 7.17. The lowest BCUT2D eigenvalue weighted by atomic mass is 9.88. The molecular formula is C21H23N3O4S. The van der Waals surface area contributed by atoms with Crippen molar-refractivity contribution in [1.29, 1.82) is 0 Å². The third kappa shape index (κ3) is 5.08. The number of hydrazone groups is 1. The van der Waals surface area contributed by atoms with Crippen LogP contribution in [0.3, 0.4) is 0 Å². The van der Waals surface area contributed by atoms with Gasteiger partial charge in [-0.1, -0.05) is 37.3 Å². The monoisotopic (exact) mass is 413 g/mol. The number of thiophene rings is 1. The third-order valence-corrected chi connectivity index (χ3v) is 5.77. The van der Waals surface area contributed by atoms with Crippen molar-refractivity contribution in [1.82, 2.24) is 5.43 Å². The van der Waals surface area contributed by atoms with Crippen molar-refractivity contribution in [2.45, 2.75) is 33.1 Å². The Morgan fingerprint density at radius 2 is 2.00 bits per heavy atom. The van der Waals surface area contributed by atoms with E-state index in [1.165, 1.54) is 17.6 Å². The largest absolute Gasteiger partial charge is 0.462 e. The van der Waals surface area contributed by atoms with Gasteiger partial charge in [0, 0.05) is 4.88 Å². The molecule has 0 saturated carbocycles. The predicted octanol–water partition coefficient (Wildman–Crippen LogP) is 3.14. The number of esters is 1. The van der Waals surface area contributed by atoms with Crippen LogP contribution < -0.4 is 10.7 Å². The van der Waals surface area contributed by atoms with Crippen LogP contribution in [0.2, 0.25) is 0 Å². The van der Waals surface area contributed by atoms with Crippen LogP contribution in [0.15, 0.2) is 35.4 Å². The number of ether oxygens (including phenoxy) is 1. The molecule has 0 aliphatic heterocycles. The average molecular weight is 413 g/mol. The lowest BCUT2D eigenvalue weighted by Crippen LogP contribution is -2.32. The van der Waals surface area contributed by atoms with Crippen LogP contribution in [-0.4, -0.2) is 30.6 Å². The van der Waals surface area contributed by atoms with Crippen molar-refractivity contribution >= 4 is 40.3 Å². The number of rotatable bonds is 5. The minimum atomic E-state index is -0.910. The fraction of sp³-hybridized carbons (Fsp3) is 0.333. The molecule has 2 aromatic rings. The first-order valence-corrected chi connectivity index (χ1v) is 10.3. The zero-order valence-electron chi connectivity index (χ0n) is 16.4. The molecule has 7 nitrogen and oxygen atoms in total. The lowest BCUT2D eigenvalue weighted by molar-refractivity contribution is -0.136. The fourth-order valence-electron chi connectivity index (χ4n) is 3.17. The highest BCUT2D eigenvalue weighted by Crippen LogP contribution is 2.40. The van der Waals surface area contributed by atoms with Gasteiger partial charge in [-0.2, -0.15) is 5.10 Å². The zero-order chi connectivity index (χ0) is 20.8. The Morgan fingerprint density at radius 1 is 1.24 bits per heavy atom. The van der Waals surface area contributed by atoms with Gasteiger partial charge in [0.2, 0.25) is 0 Å². The van der Waals surface area contributed by atoms with Crippen LogP contribution in [0, 0.1) is 5.92 Å². The Kier molecular flexibility index (Phi) is 6.77. The number of nitrogens with one attached hydrogen (secondary N) is 2. The summed E-state index contributed by atoms with van der Waals surface area (Å²) in [6.45, 7) is 4.13. The van der Waals surface area contributed by atoms with E-state index >= 15 is 0 Å². The Labute approximate surface area is 173 Å². The molecule has 0 unspecified atom stereocenters. The molecule has 0 spiro atoms. The van der Waals surface area contributed by atoms with Gasteiger partial charge in [0.15, 0.2) is 0 Å². The van der Waals surface area contributed by atoms with Crippen LogP contribution in [-0.2, 0) is 27.2 Å². The van der Waals surface area contributed by atoms with E-state index in [9.17, 15) is 14.4 Å². The van der Waals surface area contributed by atoms with Crippen molar-refractivity contribution in [3.63, 3.8) is 0 Å². The van der Waals surface area contributed by atoms with Crippen molar-refractivity contribution < 1.29 is 19.1 Å². The van der Waals surface area contributed by atoms with E-state index in [1.807, 2.05) is 30.3 Å². The maximum atomic E-state index is 12.5. The van der Waals surface area contributed by atoms with Gasteiger partial charge in [0.05, 0.1) is 18.4 Å². The molecule has 1 aliphatic carbocycles. The number of carbonyl (C=O) groups is 3. The molecule has 152 valence electrons. The summed E-state index contributed by atoms with van der Waals surface area (Å²) in [5.41, 5.74) is 4.28. The average Bonchev–Trinajstić information content (AvgIpc) is 3.05. The Morgan fingerprint density at radius 3 is 2.72 bits per heavy atom. The normalized spacial score (nSPS) is 15.6. The van der Waals surface area contributed by atoms with Gasteiger partial charge in [-0.3, -0.25) is 9.59 Å². The highest BCUT2D eigenvalue weighted by Gasteiger charge is 2.30. The molecule has 29 heavy (non-hydrogen) atoms. The molecule has 1 heterocycles. The van der Waals surface area contributed by atoms with Crippen LogP contribution in [0.5, 0.6) is 0 Å². The molecule has 8 heteroatoms. The van der Waals surface area contributed by atoms with Crippen LogP contribution in [0.1, 0.15) is 46.6 Å². The number of fused-ring (bicyclic) bond motifs is 1. The molecule has 2 N–H and O–H groups in total. The molecule has 1 aliphatic rings. The summed E-state index contributed by atoms with van der Waals surface area (Å²) >= 11 is 1.34. The Bertz CT molecular complexity index is 937. The summed E-state index contributed by atoms with van der Waals surface area (Å²) in [7, 11) is 0. The first kappa shape index (κ1) is 20.7. The molecule has 3 rings (SSSR count). The minimum Gasteiger partial charge on any atom is -0.462 e. The van der Waals surface area contributed by atoms with Gasteiger partial charge in [-0.25, -0.2) is 10.2 Å². The second kappa shape index (κ2) is 9.47. The first-order valence-electron chi connectivity index (χ1n) is 9.50. The van der Waals surface area contributed by atoms with Crippen LogP contribution in [0.4, 0.5) is 5.00 Å². The summed E-state index contributed by atoms with van der Waals surface area (Å²) in [6.07, 6.45) is 4.01. The second-order valence-corrected chi connectivity index (χ2v) is 7.95. The van der Waals surface area contributed by atoms with E-state index in [0.29, 0.717) is 16.5 Å². The molecule has 1 aromatic heterocycles. The smallest absolute Gasteiger partial charge is 0.341 e. The maximum absolute atomic E-state index is 12.5. The van der Waals surface area contributed by atoms with Gasteiger partial charge in [-0.05, 0) is 43.2 Å². The molecule has 1 atom stereocenters. The Hall–Kier alpha value is -3.00. The summed E-state index contributed by atoms with van der Waals surface area (Å²) in [5, 5.41) is 6.71. The molecule has 0 fully saturated rings. The summed E-state index contributed by atoms with van der Waals surface area (Å²) in [6, 6.07) is 9.18. The lowest BCUT2D eigenvalue weighted by Gasteiger charge is -2.18. The number of benzene rings is 1. The van der Waals surface area contributed by atoms with Crippen molar-refractivity contribution in [3.8, 4) is 0 Å². The van der Waals surface area contributed by atoms with Gasteiger partial charge in [0.25, 0.3) is 0 Å². The number of hydrogen-bond acceptors (Lipinski definition) is 6. The van der Waals surface area contributed by atoms with Gasteiger partial charge in [-0.15, -0.1) is 11.3 Å². The van der Waals surface area contributed by atoms with E-state index in [-0.39, 0.29) is 6.61 Å². The van der Waals surface area contributed by atoms with Gasteiger partial charge >= 0.3 is 17.8 Å². The molecule has 0 saturated heterocycles. The number of hydrogen-bond donors (Lipinski definition) is 2. The van der Waals surface area contributed by atoms with Gasteiger partial charge < -0.3 is 10.1 Å². The topological polar surface area (TPSA) is 96.9 Å². The number of anilines is 1. The minimum absolute atomic E-state index is 0.238. The van der Waals surface area contributed by atoms with E-state index in [2.05, 4.69) is 22.8 Å². The number of amides is 2. The van der Waals surface area contributed by atoms with E-state index in [0.717, 1.165) is 35.3 Å². The molecule has 2 amide bonds. The van der Waals surface area contributed by atoms with E-state index in [4.69, 9.17) is 4.74 Å². The second-order valence-electron chi connectivity index (χ2n) is 6.84. The number of carbonyl (C=O) groups excluding carboxylic acids is 3. The van der Waals surface area contributed by atoms with E-state index < -0.39 is 17.8 Å². The van der Waals surface area contributed by atoms with E-state index in [1.54, 1.807) is 6.92 Å². The molecular weight excluding hydrogens is 390 g/mol. The molecule has 1 aromatic carbocycles. The highest BCUT2D eigenvalue weighted by atomic mass is 32.1. The van der Waals surface area contributed by atoms with Crippen molar-refractivity contribution in [2.24, 2.45) is 11.0 Å². The van der Waals surface area contributed by atoms with Crippen LogP contribution in [0.25, 0.3) is 0 Å². The summed E-state index contributed by atoms with van der Waals surface area (Å²) in [4.78, 5) is 37.9. The van der Waals surface area contributed by atoms with Crippen molar-refractivity contribution in [3.05, 3.63) is 51.9 Å². The SMILES string of the molecule is CCOC(=O)c1c(NC(=O)C(=O)N/N=C\c2ccccc2)sc2c1CC[C@H](C)C2.